The first-order valence-corrected chi connectivity index (χ1v) is 8.61. The molecule has 2 aromatic heterocycles. The third-order valence-electron chi connectivity index (χ3n) is 3.24. The summed E-state index contributed by atoms with van der Waals surface area (Å²) in [4.78, 5) is 7.38. The molecule has 6 heteroatoms. The van der Waals surface area contributed by atoms with Crippen molar-refractivity contribution in [2.75, 3.05) is 13.1 Å². The Balaban J connectivity index is 0.00000264. The SMILES string of the molecule is CCNC(=NCCc1ccco1)NC(C)Cc1ccc(C)s1.I. The molecule has 2 rings (SSSR count). The minimum absolute atomic E-state index is 0. The van der Waals surface area contributed by atoms with Gasteiger partial charge in [0.15, 0.2) is 5.96 Å². The number of hydrogen-bond acceptors (Lipinski definition) is 3. The summed E-state index contributed by atoms with van der Waals surface area (Å²) in [5.74, 6) is 1.84. The van der Waals surface area contributed by atoms with Crippen LogP contribution in [0.1, 0.15) is 29.4 Å². The molecule has 1 atom stereocenters. The summed E-state index contributed by atoms with van der Waals surface area (Å²) < 4.78 is 5.33. The number of nitrogens with one attached hydrogen (secondary N) is 2. The maximum atomic E-state index is 5.33. The molecule has 2 N–H and O–H groups in total. The highest BCUT2D eigenvalue weighted by molar-refractivity contribution is 14.0. The Kier molecular flexibility index (Phi) is 9.31. The van der Waals surface area contributed by atoms with Crippen LogP contribution in [-0.4, -0.2) is 25.1 Å². The summed E-state index contributed by atoms with van der Waals surface area (Å²) in [7, 11) is 0. The van der Waals surface area contributed by atoms with E-state index in [1.165, 1.54) is 9.75 Å². The Morgan fingerprint density at radius 3 is 2.78 bits per heavy atom. The molecule has 2 heterocycles. The number of aliphatic imine (C=N–C) groups is 1. The zero-order valence-corrected chi connectivity index (χ0v) is 17.1. The normalized spacial score (nSPS) is 12.6. The van der Waals surface area contributed by atoms with Gasteiger partial charge >= 0.3 is 0 Å². The number of halogens is 1. The van der Waals surface area contributed by atoms with E-state index in [0.29, 0.717) is 12.6 Å². The number of furan rings is 1. The van der Waals surface area contributed by atoms with Gasteiger partial charge in [0.1, 0.15) is 5.76 Å². The van der Waals surface area contributed by atoms with Crippen LogP contribution < -0.4 is 10.6 Å². The largest absolute Gasteiger partial charge is 0.469 e. The van der Waals surface area contributed by atoms with Crippen molar-refractivity contribution in [3.63, 3.8) is 0 Å². The first kappa shape index (κ1) is 20.0. The molecular weight excluding hydrogens is 421 g/mol. The highest BCUT2D eigenvalue weighted by Gasteiger charge is 2.07. The molecule has 4 nitrogen and oxygen atoms in total. The van der Waals surface area contributed by atoms with Gasteiger partial charge < -0.3 is 15.1 Å². The van der Waals surface area contributed by atoms with E-state index in [-0.39, 0.29) is 24.0 Å². The fourth-order valence-electron chi connectivity index (χ4n) is 2.23. The zero-order chi connectivity index (χ0) is 15.8. The number of rotatable bonds is 7. The number of thiophene rings is 1. The fraction of sp³-hybridized carbons (Fsp3) is 0.471. The fourth-order valence-corrected chi connectivity index (χ4v) is 3.25. The van der Waals surface area contributed by atoms with E-state index in [1.54, 1.807) is 6.26 Å². The lowest BCUT2D eigenvalue weighted by atomic mass is 10.2. The Morgan fingerprint density at radius 1 is 1.35 bits per heavy atom. The van der Waals surface area contributed by atoms with Gasteiger partial charge in [-0.3, -0.25) is 4.99 Å². The number of guanidine groups is 1. The van der Waals surface area contributed by atoms with Crippen LogP contribution in [0, 0.1) is 6.92 Å². The minimum Gasteiger partial charge on any atom is -0.469 e. The van der Waals surface area contributed by atoms with Crippen LogP contribution >= 0.6 is 35.3 Å². The molecule has 0 saturated carbocycles. The quantitative estimate of drug-likeness (QED) is 0.383. The molecule has 0 saturated heterocycles. The summed E-state index contributed by atoms with van der Waals surface area (Å²) in [6, 6.07) is 8.62. The maximum Gasteiger partial charge on any atom is 0.191 e. The second-order valence-corrected chi connectivity index (χ2v) is 6.72. The van der Waals surface area contributed by atoms with Crippen molar-refractivity contribution in [2.45, 2.75) is 39.7 Å². The van der Waals surface area contributed by atoms with E-state index >= 15 is 0 Å². The van der Waals surface area contributed by atoms with E-state index < -0.39 is 0 Å². The molecule has 0 radical (unpaired) electrons. The Hall–Kier alpha value is -1.02. The van der Waals surface area contributed by atoms with Gasteiger partial charge in [0.25, 0.3) is 0 Å². The van der Waals surface area contributed by atoms with E-state index in [4.69, 9.17) is 4.42 Å². The van der Waals surface area contributed by atoms with Gasteiger partial charge in [0.2, 0.25) is 0 Å². The summed E-state index contributed by atoms with van der Waals surface area (Å²) in [5.41, 5.74) is 0. The van der Waals surface area contributed by atoms with Gasteiger partial charge in [0, 0.05) is 41.7 Å². The van der Waals surface area contributed by atoms with Crippen LogP contribution in [0.25, 0.3) is 0 Å². The van der Waals surface area contributed by atoms with Crippen LogP contribution in [0.4, 0.5) is 0 Å². The molecule has 0 aliphatic heterocycles. The monoisotopic (exact) mass is 447 g/mol. The third kappa shape index (κ3) is 7.39. The van der Waals surface area contributed by atoms with Crippen molar-refractivity contribution in [2.24, 2.45) is 4.99 Å². The average Bonchev–Trinajstić information content (AvgIpc) is 3.11. The van der Waals surface area contributed by atoms with Crippen molar-refractivity contribution in [1.82, 2.24) is 10.6 Å². The summed E-state index contributed by atoms with van der Waals surface area (Å²) in [5, 5.41) is 6.77. The van der Waals surface area contributed by atoms with Crippen LogP contribution in [0.2, 0.25) is 0 Å². The predicted molar refractivity (Wildman–Crippen MR) is 109 cm³/mol. The van der Waals surface area contributed by atoms with Gasteiger partial charge in [-0.1, -0.05) is 0 Å². The Bertz CT molecular complexity index is 580. The molecule has 2 aromatic rings. The van der Waals surface area contributed by atoms with Crippen molar-refractivity contribution in [3.05, 3.63) is 46.0 Å². The molecule has 0 bridgehead atoms. The van der Waals surface area contributed by atoms with E-state index in [9.17, 15) is 0 Å². The van der Waals surface area contributed by atoms with Gasteiger partial charge in [-0.15, -0.1) is 35.3 Å². The number of aryl methyl sites for hydroxylation is 1. The lowest BCUT2D eigenvalue weighted by Crippen LogP contribution is -2.43. The Morgan fingerprint density at radius 2 is 2.17 bits per heavy atom. The lowest BCUT2D eigenvalue weighted by molar-refractivity contribution is 0.510. The molecule has 0 aliphatic rings. The van der Waals surface area contributed by atoms with Crippen molar-refractivity contribution in [3.8, 4) is 0 Å². The van der Waals surface area contributed by atoms with E-state index in [0.717, 1.165) is 31.1 Å². The third-order valence-corrected chi connectivity index (χ3v) is 4.26. The molecular formula is C17H26IN3OS. The van der Waals surface area contributed by atoms with E-state index in [1.807, 2.05) is 23.5 Å². The summed E-state index contributed by atoms with van der Waals surface area (Å²) in [6.45, 7) is 7.99. The van der Waals surface area contributed by atoms with Crippen LogP contribution in [-0.2, 0) is 12.8 Å². The van der Waals surface area contributed by atoms with Gasteiger partial charge in [0.05, 0.1) is 6.26 Å². The highest BCUT2D eigenvalue weighted by atomic mass is 127. The van der Waals surface area contributed by atoms with E-state index in [2.05, 4.69) is 48.5 Å². The minimum atomic E-state index is 0. The smallest absolute Gasteiger partial charge is 0.191 e. The highest BCUT2D eigenvalue weighted by Crippen LogP contribution is 2.16. The van der Waals surface area contributed by atoms with Crippen LogP contribution in [0.5, 0.6) is 0 Å². The lowest BCUT2D eigenvalue weighted by Gasteiger charge is -2.17. The standard InChI is InChI=1S/C17H25N3OS.HI/c1-4-18-17(19-10-9-15-6-5-11-21-15)20-13(2)12-16-8-7-14(3)22-16;/h5-8,11,13H,4,9-10,12H2,1-3H3,(H2,18,19,20);1H. The number of nitrogens with zero attached hydrogens (tertiary/aromatic N) is 1. The summed E-state index contributed by atoms with van der Waals surface area (Å²) in [6.07, 6.45) is 3.54. The van der Waals surface area contributed by atoms with Crippen molar-refractivity contribution >= 4 is 41.3 Å². The van der Waals surface area contributed by atoms with Crippen molar-refractivity contribution in [1.29, 1.82) is 0 Å². The second kappa shape index (κ2) is 10.7. The molecule has 1 unspecified atom stereocenters. The molecule has 128 valence electrons. The van der Waals surface area contributed by atoms with Crippen LogP contribution in [0.15, 0.2) is 39.9 Å². The molecule has 23 heavy (non-hydrogen) atoms. The maximum absolute atomic E-state index is 5.33. The molecule has 0 aliphatic carbocycles. The average molecular weight is 447 g/mol. The first-order chi connectivity index (χ1) is 10.7. The Labute approximate surface area is 159 Å². The predicted octanol–water partition coefficient (Wildman–Crippen LogP) is 4.00. The molecule has 0 spiro atoms. The van der Waals surface area contributed by atoms with Crippen molar-refractivity contribution < 1.29 is 4.42 Å². The summed E-state index contributed by atoms with van der Waals surface area (Å²) >= 11 is 1.86. The topological polar surface area (TPSA) is 49.6 Å². The van der Waals surface area contributed by atoms with Gasteiger partial charge in [-0.2, -0.15) is 0 Å². The van der Waals surface area contributed by atoms with Crippen LogP contribution in [0.3, 0.4) is 0 Å². The van der Waals surface area contributed by atoms with Gasteiger partial charge in [-0.25, -0.2) is 0 Å². The molecule has 0 aromatic carbocycles. The first-order valence-electron chi connectivity index (χ1n) is 7.80. The molecule has 0 amide bonds. The molecule has 0 fully saturated rings. The number of hydrogen-bond donors (Lipinski definition) is 2. The second-order valence-electron chi connectivity index (χ2n) is 5.35. The van der Waals surface area contributed by atoms with Gasteiger partial charge in [-0.05, 0) is 45.0 Å². The zero-order valence-electron chi connectivity index (χ0n) is 14.0.